The molecule has 0 aromatic heterocycles. The molecule has 0 spiro atoms. The first-order valence-corrected chi connectivity index (χ1v) is 18.8. The molecule has 8 nitrogen and oxygen atoms in total. The summed E-state index contributed by atoms with van der Waals surface area (Å²) in [4.78, 5) is 40.0. The molecule has 3 amide bonds. The van der Waals surface area contributed by atoms with Crippen molar-refractivity contribution in [1.82, 2.24) is 4.90 Å². The fourth-order valence-electron chi connectivity index (χ4n) is 5.52. The van der Waals surface area contributed by atoms with Gasteiger partial charge >= 0.3 is 0 Å². The van der Waals surface area contributed by atoms with Crippen LogP contribution in [0, 0.1) is 0 Å². The van der Waals surface area contributed by atoms with Gasteiger partial charge in [-0.25, -0.2) is 4.99 Å². The lowest BCUT2D eigenvalue weighted by molar-refractivity contribution is -0.212. The summed E-state index contributed by atoms with van der Waals surface area (Å²) in [5, 5.41) is 12.0. The van der Waals surface area contributed by atoms with Gasteiger partial charge in [0.15, 0.2) is 0 Å². The minimum Gasteiger partial charge on any atom is -0.858 e. The number of aliphatic imine (C=N–C) groups is 1. The largest absolute Gasteiger partial charge is 0.858 e. The zero-order chi connectivity index (χ0) is 36.1. The molecular weight excluding hydrogens is 708 g/mol. The first-order valence-electron chi connectivity index (χ1n) is 17.6. The number of benzene rings is 4. The molecule has 2 heterocycles. The van der Waals surface area contributed by atoms with Crippen LogP contribution in [0.1, 0.15) is 99.1 Å². The maximum Gasteiger partial charge on any atom is 0.277 e. The van der Waals surface area contributed by atoms with Gasteiger partial charge in [0.1, 0.15) is 0 Å². The van der Waals surface area contributed by atoms with Crippen LogP contribution in [0.15, 0.2) is 114 Å². The standard InChI is InChI=1S/C21H23NO3.C13H19BrO.C8H5NO2/c23-20-18-12-6-7-13-19(18)21(24)22(20)14-8-1-2-9-15-25-16-17-10-4-3-5-11-17;14-10-6-1-2-7-11-15-12-13-8-4-3-5-9-13;10-7-5-3-1-2-4-6(5)8(11)9-7/h3-7,10-13H,1-2,8-9,14-16H2;3-5,8-9H,1-2,6-7,10-12H2;1-4H,(H,9,10,11)/p-1. The van der Waals surface area contributed by atoms with Gasteiger partial charge in [-0.05, 0) is 66.5 Å². The van der Waals surface area contributed by atoms with E-state index in [9.17, 15) is 19.5 Å². The second-order valence-corrected chi connectivity index (χ2v) is 13.0. The monoisotopic (exact) mass is 753 g/mol. The number of imide groups is 1. The molecule has 0 atom stereocenters. The predicted molar refractivity (Wildman–Crippen MR) is 202 cm³/mol. The summed E-state index contributed by atoms with van der Waals surface area (Å²) < 4.78 is 11.2. The minimum atomic E-state index is -0.425. The number of nitrogens with zero attached hydrogens (tertiary/aromatic N) is 2. The van der Waals surface area contributed by atoms with Gasteiger partial charge in [-0.15, -0.1) is 0 Å². The maximum absolute atomic E-state index is 12.2. The SMILES string of the molecule is BrCCCCCCOCc1ccccc1.O=C1N=C([O-])c2ccccc21.O=C1c2ccccc2C(=O)N1CCCCCCOCc1ccccc1. The number of hydrogen-bond acceptors (Lipinski definition) is 6. The maximum atomic E-state index is 12.2. The van der Waals surface area contributed by atoms with Gasteiger partial charge < -0.3 is 14.6 Å². The zero-order valence-electron chi connectivity index (χ0n) is 29.0. The zero-order valence-corrected chi connectivity index (χ0v) is 30.6. The third kappa shape index (κ3) is 13.0. The van der Waals surface area contributed by atoms with Crippen LogP contribution in [0.2, 0.25) is 0 Å². The molecule has 51 heavy (non-hydrogen) atoms. The third-order valence-electron chi connectivity index (χ3n) is 8.28. The molecule has 0 radical (unpaired) electrons. The number of fused-ring (bicyclic) bond motifs is 2. The average molecular weight is 755 g/mol. The van der Waals surface area contributed by atoms with E-state index in [1.54, 1.807) is 48.5 Å². The lowest BCUT2D eigenvalue weighted by Gasteiger charge is -2.13. The smallest absolute Gasteiger partial charge is 0.277 e. The molecule has 2 aliphatic rings. The van der Waals surface area contributed by atoms with Crippen LogP contribution in [-0.4, -0.2) is 53.6 Å². The molecule has 2 aliphatic heterocycles. The molecule has 0 saturated carbocycles. The quantitative estimate of drug-likeness (QED) is 0.0612. The predicted octanol–water partition coefficient (Wildman–Crippen LogP) is 8.17. The van der Waals surface area contributed by atoms with E-state index in [1.807, 2.05) is 24.3 Å². The summed E-state index contributed by atoms with van der Waals surface area (Å²) in [5.74, 6) is -1.17. The fourth-order valence-corrected chi connectivity index (χ4v) is 5.92. The van der Waals surface area contributed by atoms with Crippen LogP contribution in [0.3, 0.4) is 0 Å². The lowest BCUT2D eigenvalue weighted by Crippen LogP contribution is -2.30. The molecule has 6 rings (SSSR count). The highest BCUT2D eigenvalue weighted by Gasteiger charge is 2.34. The topological polar surface area (TPSA) is 108 Å². The Labute approximate surface area is 309 Å². The molecule has 0 aliphatic carbocycles. The van der Waals surface area contributed by atoms with Gasteiger partial charge in [0.05, 0.1) is 24.3 Å². The van der Waals surface area contributed by atoms with Crippen molar-refractivity contribution in [3.63, 3.8) is 0 Å². The molecule has 0 N–H and O–H groups in total. The molecule has 0 bridgehead atoms. The summed E-state index contributed by atoms with van der Waals surface area (Å²) in [7, 11) is 0. The van der Waals surface area contributed by atoms with Gasteiger partial charge in [0.2, 0.25) is 0 Å². The van der Waals surface area contributed by atoms with Crippen LogP contribution in [0.4, 0.5) is 0 Å². The van der Waals surface area contributed by atoms with Crippen molar-refractivity contribution in [3.8, 4) is 0 Å². The highest BCUT2D eigenvalue weighted by Crippen LogP contribution is 2.23. The van der Waals surface area contributed by atoms with E-state index in [0.29, 0.717) is 35.4 Å². The van der Waals surface area contributed by atoms with Gasteiger partial charge in [0.25, 0.3) is 17.7 Å². The molecular formula is C42H46BrN2O6-. The molecule has 4 aromatic rings. The first kappa shape index (κ1) is 39.3. The molecule has 0 unspecified atom stereocenters. The van der Waals surface area contributed by atoms with E-state index in [1.165, 1.54) is 41.7 Å². The van der Waals surface area contributed by atoms with Crippen LogP contribution >= 0.6 is 15.9 Å². The first-order chi connectivity index (χ1) is 25.0. The Morgan fingerprint density at radius 2 is 0.961 bits per heavy atom. The van der Waals surface area contributed by atoms with Crippen LogP contribution < -0.4 is 5.11 Å². The van der Waals surface area contributed by atoms with E-state index < -0.39 is 11.8 Å². The van der Waals surface area contributed by atoms with E-state index in [-0.39, 0.29) is 11.8 Å². The number of halogens is 1. The van der Waals surface area contributed by atoms with E-state index in [4.69, 9.17) is 9.47 Å². The minimum absolute atomic E-state index is 0.160. The van der Waals surface area contributed by atoms with Crippen LogP contribution in [0.25, 0.3) is 0 Å². The van der Waals surface area contributed by atoms with Crippen molar-refractivity contribution in [3.05, 3.63) is 143 Å². The Hall–Kier alpha value is -4.44. The van der Waals surface area contributed by atoms with Crippen molar-refractivity contribution < 1.29 is 29.0 Å². The number of carbonyl (C=O) groups is 3. The van der Waals surface area contributed by atoms with Crippen molar-refractivity contribution in [2.75, 3.05) is 25.1 Å². The lowest BCUT2D eigenvalue weighted by atomic mass is 10.1. The molecule has 0 saturated heterocycles. The Morgan fingerprint density at radius 1 is 0.529 bits per heavy atom. The number of hydrogen-bond donors (Lipinski definition) is 0. The number of amides is 3. The van der Waals surface area contributed by atoms with Gasteiger partial charge in [0, 0.05) is 30.7 Å². The van der Waals surface area contributed by atoms with Gasteiger partial charge in [-0.3, -0.25) is 19.3 Å². The highest BCUT2D eigenvalue weighted by atomic mass is 79.9. The fraction of sp³-hybridized carbons (Fsp3) is 0.333. The van der Waals surface area contributed by atoms with E-state index in [2.05, 4.69) is 57.3 Å². The van der Waals surface area contributed by atoms with Crippen molar-refractivity contribution >= 4 is 39.5 Å². The van der Waals surface area contributed by atoms with Crippen molar-refractivity contribution in [1.29, 1.82) is 0 Å². The van der Waals surface area contributed by atoms with E-state index in [0.717, 1.165) is 50.8 Å². The average Bonchev–Trinajstić information content (AvgIpc) is 3.60. The number of rotatable bonds is 17. The van der Waals surface area contributed by atoms with Gasteiger partial charge in [-0.2, -0.15) is 0 Å². The summed E-state index contributed by atoms with van der Waals surface area (Å²) in [6.07, 6.45) is 8.90. The second kappa shape index (κ2) is 22.4. The molecule has 0 fully saturated rings. The Kier molecular flexibility index (Phi) is 17.3. The van der Waals surface area contributed by atoms with Gasteiger partial charge in [-0.1, -0.05) is 133 Å². The molecule has 268 valence electrons. The molecule has 9 heteroatoms. The summed E-state index contributed by atoms with van der Waals surface area (Å²) in [5.41, 5.74) is 4.34. The second-order valence-electron chi connectivity index (χ2n) is 12.2. The van der Waals surface area contributed by atoms with Crippen LogP contribution in [0.5, 0.6) is 0 Å². The Bertz CT molecular complexity index is 1660. The van der Waals surface area contributed by atoms with Crippen molar-refractivity contribution in [2.24, 2.45) is 4.99 Å². The van der Waals surface area contributed by atoms with Crippen LogP contribution in [-0.2, 0) is 22.7 Å². The Balaban J connectivity index is 0.000000190. The summed E-state index contributed by atoms with van der Waals surface area (Å²) in [6, 6.07) is 34.1. The number of unbranched alkanes of at least 4 members (excludes halogenated alkanes) is 6. The normalized spacial score (nSPS) is 12.8. The van der Waals surface area contributed by atoms with Crippen molar-refractivity contribution in [2.45, 2.75) is 64.6 Å². The summed E-state index contributed by atoms with van der Waals surface area (Å²) in [6.45, 7) is 3.52. The number of alkyl halides is 1. The summed E-state index contributed by atoms with van der Waals surface area (Å²) >= 11 is 3.43. The highest BCUT2D eigenvalue weighted by molar-refractivity contribution is 9.09. The van der Waals surface area contributed by atoms with E-state index >= 15 is 0 Å². The third-order valence-corrected chi connectivity index (χ3v) is 8.85. The Morgan fingerprint density at radius 3 is 1.45 bits per heavy atom. The molecule has 4 aromatic carbocycles. The number of ether oxygens (including phenoxy) is 2. The number of carbonyl (C=O) groups excluding carboxylic acids is 3.